The van der Waals surface area contributed by atoms with Crippen molar-refractivity contribution >= 4 is 23.5 Å². The maximum Gasteiger partial charge on any atom is 0.335 e. The number of methoxy groups -OCH3 is 1. The second kappa shape index (κ2) is 7.19. The highest BCUT2D eigenvalue weighted by Gasteiger charge is 2.15. The van der Waals surface area contributed by atoms with Gasteiger partial charge in [-0.15, -0.1) is 0 Å². The summed E-state index contributed by atoms with van der Waals surface area (Å²) in [6, 6.07) is 4.33. The Balaban J connectivity index is 2.87. The Morgan fingerprint density at radius 2 is 2.05 bits per heavy atom. The van der Waals surface area contributed by atoms with Crippen molar-refractivity contribution in [2.75, 3.05) is 12.9 Å². The predicted octanol–water partition coefficient (Wildman–Crippen LogP) is 3.11. The Hall–Kier alpha value is -1.49. The van der Waals surface area contributed by atoms with Gasteiger partial charge in [0.25, 0.3) is 0 Å². The minimum Gasteiger partial charge on any atom is -0.496 e. The fourth-order valence-corrected chi connectivity index (χ4v) is 2.36. The molecule has 0 atom stereocenters. The molecule has 0 saturated carbocycles. The van der Waals surface area contributed by atoms with Crippen LogP contribution in [0.2, 0.25) is 0 Å². The highest BCUT2D eigenvalue weighted by Crippen LogP contribution is 2.23. The Labute approximate surface area is 117 Å². The number of hydrogen-bond donors (Lipinski definition) is 1. The van der Waals surface area contributed by atoms with E-state index in [2.05, 4.69) is 13.8 Å². The van der Waals surface area contributed by atoms with Crippen LogP contribution in [0.1, 0.15) is 41.0 Å². The van der Waals surface area contributed by atoms with Gasteiger partial charge in [-0.05, 0) is 23.4 Å². The molecule has 0 amide bonds. The van der Waals surface area contributed by atoms with Crippen molar-refractivity contribution in [1.29, 1.82) is 0 Å². The predicted molar refractivity (Wildman–Crippen MR) is 76.5 cm³/mol. The number of aromatic carboxylic acids is 1. The molecule has 0 aliphatic heterocycles. The lowest BCUT2D eigenvalue weighted by Gasteiger charge is -2.09. The van der Waals surface area contributed by atoms with E-state index in [0.29, 0.717) is 23.0 Å². The van der Waals surface area contributed by atoms with Crippen molar-refractivity contribution in [2.24, 2.45) is 0 Å². The molecule has 1 aromatic rings. The summed E-state index contributed by atoms with van der Waals surface area (Å²) in [7, 11) is 1.47. The summed E-state index contributed by atoms with van der Waals surface area (Å²) in [6.45, 7) is 4.14. The largest absolute Gasteiger partial charge is 0.496 e. The molecule has 0 bridgehead atoms. The third kappa shape index (κ3) is 4.59. The molecule has 4 nitrogen and oxygen atoms in total. The number of carbonyl (C=O) groups excluding carboxylic acids is 1. The van der Waals surface area contributed by atoms with E-state index in [1.54, 1.807) is 11.8 Å². The minimum absolute atomic E-state index is 0.0897. The molecular formula is C14H18O4S. The summed E-state index contributed by atoms with van der Waals surface area (Å²) in [4.78, 5) is 23.0. The molecule has 0 aliphatic carbocycles. The van der Waals surface area contributed by atoms with Gasteiger partial charge >= 0.3 is 5.97 Å². The van der Waals surface area contributed by atoms with E-state index in [0.717, 1.165) is 5.75 Å². The van der Waals surface area contributed by atoms with Gasteiger partial charge in [0, 0.05) is 12.2 Å². The number of rotatable bonds is 7. The number of ether oxygens (including phenoxy) is 1. The first-order valence-electron chi connectivity index (χ1n) is 6.01. The van der Waals surface area contributed by atoms with E-state index in [4.69, 9.17) is 9.84 Å². The van der Waals surface area contributed by atoms with Crippen molar-refractivity contribution in [2.45, 2.75) is 25.5 Å². The highest BCUT2D eigenvalue weighted by molar-refractivity contribution is 7.99. The molecule has 0 heterocycles. The van der Waals surface area contributed by atoms with Gasteiger partial charge < -0.3 is 9.84 Å². The fourth-order valence-electron chi connectivity index (χ4n) is 1.58. The third-order valence-electron chi connectivity index (χ3n) is 2.53. The molecule has 0 aromatic heterocycles. The van der Waals surface area contributed by atoms with E-state index in [-0.39, 0.29) is 11.3 Å². The van der Waals surface area contributed by atoms with Crippen LogP contribution in [-0.4, -0.2) is 35.0 Å². The number of Topliss-reactive ketones (excluding diaryl/α,β-unsaturated/α-hetero) is 1. The first kappa shape index (κ1) is 15.6. The van der Waals surface area contributed by atoms with E-state index in [9.17, 15) is 9.59 Å². The van der Waals surface area contributed by atoms with Crippen molar-refractivity contribution < 1.29 is 19.4 Å². The van der Waals surface area contributed by atoms with Crippen LogP contribution >= 0.6 is 11.8 Å². The van der Waals surface area contributed by atoms with Crippen molar-refractivity contribution in [1.82, 2.24) is 0 Å². The molecule has 19 heavy (non-hydrogen) atoms. The zero-order valence-electron chi connectivity index (χ0n) is 11.3. The van der Waals surface area contributed by atoms with Gasteiger partial charge in [-0.1, -0.05) is 13.8 Å². The van der Waals surface area contributed by atoms with Crippen LogP contribution < -0.4 is 4.74 Å². The Kier molecular flexibility index (Phi) is 5.89. The van der Waals surface area contributed by atoms with Crippen LogP contribution in [0.5, 0.6) is 5.75 Å². The van der Waals surface area contributed by atoms with Crippen molar-refractivity contribution in [3.8, 4) is 5.75 Å². The number of ketones is 1. The van der Waals surface area contributed by atoms with Crippen LogP contribution in [0.15, 0.2) is 18.2 Å². The molecule has 0 unspecified atom stereocenters. The summed E-state index contributed by atoms with van der Waals surface area (Å²) in [5.41, 5.74) is 0.437. The number of hydrogen-bond acceptors (Lipinski definition) is 4. The summed E-state index contributed by atoms with van der Waals surface area (Å²) in [5.74, 6) is 0.00245. The Morgan fingerprint density at radius 1 is 1.37 bits per heavy atom. The third-order valence-corrected chi connectivity index (χ3v) is 3.63. The van der Waals surface area contributed by atoms with Crippen LogP contribution in [0.3, 0.4) is 0 Å². The molecule has 0 radical (unpaired) electrons. The summed E-state index contributed by atoms with van der Waals surface area (Å²) >= 11 is 1.70. The van der Waals surface area contributed by atoms with Crippen LogP contribution in [0.4, 0.5) is 0 Å². The molecule has 0 spiro atoms. The second-order valence-electron chi connectivity index (χ2n) is 4.31. The molecule has 0 fully saturated rings. The summed E-state index contributed by atoms with van der Waals surface area (Å²) in [5, 5.41) is 9.42. The lowest BCUT2D eigenvalue weighted by atomic mass is 10.0. The number of benzene rings is 1. The lowest BCUT2D eigenvalue weighted by Crippen LogP contribution is -2.07. The zero-order chi connectivity index (χ0) is 14.4. The maximum atomic E-state index is 12.1. The molecule has 0 saturated heterocycles. The normalized spacial score (nSPS) is 10.5. The Morgan fingerprint density at radius 3 is 2.58 bits per heavy atom. The highest BCUT2D eigenvalue weighted by atomic mass is 32.2. The molecule has 0 aliphatic rings. The van der Waals surface area contributed by atoms with Gasteiger partial charge in [-0.3, -0.25) is 4.79 Å². The number of thioether (sulfide) groups is 1. The minimum atomic E-state index is -1.05. The van der Waals surface area contributed by atoms with Crippen molar-refractivity contribution in [3.05, 3.63) is 29.3 Å². The van der Waals surface area contributed by atoms with Gasteiger partial charge in [0.15, 0.2) is 5.78 Å². The maximum absolute atomic E-state index is 12.1. The van der Waals surface area contributed by atoms with E-state index in [1.807, 2.05) is 0 Å². The fraction of sp³-hybridized carbons (Fsp3) is 0.429. The molecule has 1 N–H and O–H groups in total. The smallest absolute Gasteiger partial charge is 0.335 e. The van der Waals surface area contributed by atoms with Gasteiger partial charge in [0.05, 0.1) is 18.2 Å². The van der Waals surface area contributed by atoms with Gasteiger partial charge in [0.2, 0.25) is 0 Å². The lowest BCUT2D eigenvalue weighted by molar-refractivity contribution is 0.0697. The van der Waals surface area contributed by atoms with Crippen LogP contribution in [0.25, 0.3) is 0 Å². The van der Waals surface area contributed by atoms with E-state index in [1.165, 1.54) is 25.3 Å². The number of carboxylic acid groups (broad SMARTS) is 1. The molecule has 5 heteroatoms. The summed E-state index contributed by atoms with van der Waals surface area (Å²) < 4.78 is 5.11. The van der Waals surface area contributed by atoms with Gasteiger partial charge in [-0.2, -0.15) is 11.8 Å². The summed E-state index contributed by atoms with van der Waals surface area (Å²) in [6.07, 6.45) is 0.377. The van der Waals surface area contributed by atoms with E-state index >= 15 is 0 Å². The van der Waals surface area contributed by atoms with Crippen molar-refractivity contribution in [3.63, 3.8) is 0 Å². The number of carboxylic acids is 1. The molecular weight excluding hydrogens is 264 g/mol. The average Bonchev–Trinajstić information content (AvgIpc) is 2.37. The first-order valence-corrected chi connectivity index (χ1v) is 7.06. The van der Waals surface area contributed by atoms with Gasteiger partial charge in [-0.25, -0.2) is 4.79 Å². The zero-order valence-corrected chi connectivity index (χ0v) is 12.1. The molecule has 1 aromatic carbocycles. The Bertz CT molecular complexity index is 469. The quantitative estimate of drug-likeness (QED) is 0.778. The molecule has 1 rings (SSSR count). The molecule has 104 valence electrons. The first-order chi connectivity index (χ1) is 8.95. The second-order valence-corrected chi connectivity index (χ2v) is 6.00. The van der Waals surface area contributed by atoms with Gasteiger partial charge in [0.1, 0.15) is 5.75 Å². The van der Waals surface area contributed by atoms with Crippen LogP contribution in [0, 0.1) is 0 Å². The standard InChI is InChI=1S/C14H18O4S/c1-9(2)19-7-6-12(15)11-8-10(14(16)17)4-5-13(11)18-3/h4-5,8-9H,6-7H2,1-3H3,(H,16,17). The topological polar surface area (TPSA) is 63.6 Å². The monoisotopic (exact) mass is 282 g/mol. The average molecular weight is 282 g/mol. The van der Waals surface area contributed by atoms with E-state index < -0.39 is 5.97 Å². The number of carbonyl (C=O) groups is 2. The van der Waals surface area contributed by atoms with Crippen LogP contribution in [-0.2, 0) is 0 Å². The SMILES string of the molecule is COc1ccc(C(=O)O)cc1C(=O)CCSC(C)C.